The van der Waals surface area contributed by atoms with Gasteiger partial charge in [-0.15, -0.1) is 0 Å². The number of rotatable bonds is 8. The number of hydrogen-bond donors (Lipinski definition) is 1. The van der Waals surface area contributed by atoms with Crippen LogP contribution >= 0.6 is 0 Å². The Hall–Kier alpha value is -0.160. The first-order valence-electron chi connectivity index (χ1n) is 6.45. The summed E-state index contributed by atoms with van der Waals surface area (Å²) in [6.07, 6.45) is 2.16. The molecule has 0 aromatic carbocycles. The van der Waals surface area contributed by atoms with Crippen LogP contribution in [0.4, 0.5) is 0 Å². The number of nitrogens with two attached hydrogens (primary N) is 1. The van der Waals surface area contributed by atoms with Crippen molar-refractivity contribution in [3.63, 3.8) is 0 Å². The summed E-state index contributed by atoms with van der Waals surface area (Å²) in [6.45, 7) is 9.64. The van der Waals surface area contributed by atoms with Crippen molar-refractivity contribution in [1.82, 2.24) is 4.90 Å². The average Bonchev–Trinajstić information content (AvgIpc) is 2.74. The first kappa shape index (κ1) is 13.9. The minimum absolute atomic E-state index is 0.0353. The Kier molecular flexibility index (Phi) is 6.96. The summed E-state index contributed by atoms with van der Waals surface area (Å²) in [5.74, 6) is 0.692. The lowest BCUT2D eigenvalue weighted by atomic mass is 10.1. The second kappa shape index (κ2) is 8.01. The van der Waals surface area contributed by atoms with Crippen molar-refractivity contribution in [2.24, 2.45) is 11.7 Å². The third-order valence-corrected chi connectivity index (χ3v) is 3.09. The van der Waals surface area contributed by atoms with Crippen molar-refractivity contribution in [3.05, 3.63) is 0 Å². The molecule has 0 bridgehead atoms. The highest BCUT2D eigenvalue weighted by Gasteiger charge is 2.21. The van der Waals surface area contributed by atoms with Gasteiger partial charge >= 0.3 is 0 Å². The maximum atomic E-state index is 5.67. The molecule has 2 N–H and O–H groups in total. The largest absolute Gasteiger partial charge is 0.353 e. The van der Waals surface area contributed by atoms with E-state index >= 15 is 0 Å². The van der Waals surface area contributed by atoms with Crippen LogP contribution < -0.4 is 5.73 Å². The van der Waals surface area contributed by atoms with Crippen LogP contribution in [-0.2, 0) is 9.47 Å². The first-order chi connectivity index (χ1) is 7.80. The maximum Gasteiger partial charge on any atom is 0.158 e. The van der Waals surface area contributed by atoms with Gasteiger partial charge in [-0.05, 0) is 39.3 Å². The average molecular weight is 230 g/mol. The van der Waals surface area contributed by atoms with Crippen molar-refractivity contribution in [3.8, 4) is 0 Å². The highest BCUT2D eigenvalue weighted by atomic mass is 16.7. The predicted octanol–water partition coefficient (Wildman–Crippen LogP) is 1.06. The monoisotopic (exact) mass is 230 g/mol. The van der Waals surface area contributed by atoms with Gasteiger partial charge in [0.05, 0.1) is 0 Å². The van der Waals surface area contributed by atoms with Crippen molar-refractivity contribution < 1.29 is 9.47 Å². The molecule has 1 aliphatic heterocycles. The van der Waals surface area contributed by atoms with E-state index in [4.69, 9.17) is 15.2 Å². The molecule has 4 heteroatoms. The summed E-state index contributed by atoms with van der Waals surface area (Å²) in [7, 11) is 0. The van der Waals surface area contributed by atoms with Crippen LogP contribution in [0, 0.1) is 5.92 Å². The molecule has 1 saturated heterocycles. The van der Waals surface area contributed by atoms with E-state index in [1.54, 1.807) is 0 Å². The molecular weight excluding hydrogens is 204 g/mol. The number of likely N-dealkylation sites (tertiary alicyclic amines) is 1. The van der Waals surface area contributed by atoms with Gasteiger partial charge in [0.15, 0.2) is 6.29 Å². The molecule has 16 heavy (non-hydrogen) atoms. The SMILES string of the molecule is CCOC(CCN1CCC(CN)C1)OCC. The number of ether oxygens (including phenoxy) is 2. The summed E-state index contributed by atoms with van der Waals surface area (Å²) in [6, 6.07) is 0. The fourth-order valence-corrected chi connectivity index (χ4v) is 2.18. The van der Waals surface area contributed by atoms with Crippen molar-refractivity contribution in [2.45, 2.75) is 33.0 Å². The number of hydrogen-bond acceptors (Lipinski definition) is 4. The molecule has 1 heterocycles. The van der Waals surface area contributed by atoms with Gasteiger partial charge in [-0.3, -0.25) is 0 Å². The normalized spacial score (nSPS) is 22.1. The quantitative estimate of drug-likeness (QED) is 0.633. The predicted molar refractivity (Wildman–Crippen MR) is 65.3 cm³/mol. The van der Waals surface area contributed by atoms with Crippen molar-refractivity contribution in [2.75, 3.05) is 39.4 Å². The van der Waals surface area contributed by atoms with Gasteiger partial charge < -0.3 is 20.1 Å². The van der Waals surface area contributed by atoms with Gasteiger partial charge in [0, 0.05) is 32.7 Å². The van der Waals surface area contributed by atoms with Gasteiger partial charge in [0.2, 0.25) is 0 Å². The molecule has 0 saturated carbocycles. The van der Waals surface area contributed by atoms with Gasteiger partial charge in [-0.2, -0.15) is 0 Å². The molecule has 4 nitrogen and oxygen atoms in total. The Labute approximate surface area is 99.1 Å². The third-order valence-electron chi connectivity index (χ3n) is 3.09. The first-order valence-corrected chi connectivity index (χ1v) is 6.45. The molecular formula is C12H26N2O2. The molecule has 1 atom stereocenters. The highest BCUT2D eigenvalue weighted by molar-refractivity contribution is 4.76. The molecule has 1 rings (SSSR count). The molecule has 0 aromatic rings. The zero-order valence-corrected chi connectivity index (χ0v) is 10.7. The fourth-order valence-electron chi connectivity index (χ4n) is 2.18. The van der Waals surface area contributed by atoms with Gasteiger partial charge in [-0.1, -0.05) is 0 Å². The Morgan fingerprint density at radius 1 is 1.31 bits per heavy atom. The van der Waals surface area contributed by atoms with E-state index in [0.29, 0.717) is 5.92 Å². The minimum atomic E-state index is -0.0353. The summed E-state index contributed by atoms with van der Waals surface area (Å²) >= 11 is 0. The van der Waals surface area contributed by atoms with Crippen molar-refractivity contribution >= 4 is 0 Å². The minimum Gasteiger partial charge on any atom is -0.353 e. The second-order valence-electron chi connectivity index (χ2n) is 4.32. The lowest BCUT2D eigenvalue weighted by Gasteiger charge is -2.21. The topological polar surface area (TPSA) is 47.7 Å². The Morgan fingerprint density at radius 2 is 2.00 bits per heavy atom. The van der Waals surface area contributed by atoms with Crippen molar-refractivity contribution in [1.29, 1.82) is 0 Å². The van der Waals surface area contributed by atoms with Crippen LogP contribution in [0.5, 0.6) is 0 Å². The molecule has 0 radical (unpaired) electrons. The summed E-state index contributed by atoms with van der Waals surface area (Å²) in [5, 5.41) is 0. The van der Waals surface area contributed by atoms with Crippen LogP contribution in [-0.4, -0.2) is 50.6 Å². The van der Waals surface area contributed by atoms with E-state index in [0.717, 1.165) is 39.3 Å². The molecule has 96 valence electrons. The molecule has 0 spiro atoms. The highest BCUT2D eigenvalue weighted by Crippen LogP contribution is 2.15. The van der Waals surface area contributed by atoms with E-state index < -0.39 is 0 Å². The van der Waals surface area contributed by atoms with Crippen LogP contribution in [0.2, 0.25) is 0 Å². The smallest absolute Gasteiger partial charge is 0.158 e. The standard InChI is InChI=1S/C12H26N2O2/c1-3-15-12(16-4-2)6-8-14-7-5-11(9-13)10-14/h11-12H,3-10,13H2,1-2H3. The molecule has 1 fully saturated rings. The molecule has 1 aliphatic rings. The Balaban J connectivity index is 2.16. The lowest BCUT2D eigenvalue weighted by Crippen LogP contribution is -2.28. The van der Waals surface area contributed by atoms with E-state index in [1.165, 1.54) is 13.0 Å². The third kappa shape index (κ3) is 4.78. The lowest BCUT2D eigenvalue weighted by molar-refractivity contribution is -0.141. The Morgan fingerprint density at radius 3 is 2.50 bits per heavy atom. The van der Waals surface area contributed by atoms with Gasteiger partial charge in [0.25, 0.3) is 0 Å². The molecule has 0 aromatic heterocycles. The molecule has 1 unspecified atom stereocenters. The zero-order chi connectivity index (χ0) is 11.8. The Bertz CT molecular complexity index is 172. The maximum absolute atomic E-state index is 5.67. The van der Waals surface area contributed by atoms with E-state index in [2.05, 4.69) is 4.90 Å². The second-order valence-corrected chi connectivity index (χ2v) is 4.32. The number of nitrogens with zero attached hydrogens (tertiary/aromatic N) is 1. The zero-order valence-electron chi connectivity index (χ0n) is 10.7. The van der Waals surface area contributed by atoms with Crippen LogP contribution in [0.1, 0.15) is 26.7 Å². The summed E-state index contributed by atoms with van der Waals surface area (Å²) < 4.78 is 11.0. The van der Waals surface area contributed by atoms with E-state index in [-0.39, 0.29) is 6.29 Å². The van der Waals surface area contributed by atoms with Crippen LogP contribution in [0.3, 0.4) is 0 Å². The van der Waals surface area contributed by atoms with E-state index in [9.17, 15) is 0 Å². The molecule has 0 aliphatic carbocycles. The fraction of sp³-hybridized carbons (Fsp3) is 1.00. The van der Waals surface area contributed by atoms with E-state index in [1.807, 2.05) is 13.8 Å². The summed E-state index contributed by atoms with van der Waals surface area (Å²) in [5.41, 5.74) is 5.67. The van der Waals surface area contributed by atoms with Crippen LogP contribution in [0.15, 0.2) is 0 Å². The molecule has 0 amide bonds. The van der Waals surface area contributed by atoms with Gasteiger partial charge in [0.1, 0.15) is 0 Å². The van der Waals surface area contributed by atoms with Crippen LogP contribution in [0.25, 0.3) is 0 Å². The van der Waals surface area contributed by atoms with Gasteiger partial charge in [-0.25, -0.2) is 0 Å². The summed E-state index contributed by atoms with van der Waals surface area (Å²) in [4.78, 5) is 2.46.